The van der Waals surface area contributed by atoms with E-state index in [0.717, 1.165) is 12.8 Å². The van der Waals surface area contributed by atoms with E-state index in [0.29, 0.717) is 5.70 Å². The van der Waals surface area contributed by atoms with Gasteiger partial charge in [-0.2, -0.15) is 5.10 Å². The van der Waals surface area contributed by atoms with Gasteiger partial charge in [0.25, 0.3) is 0 Å². The number of hydrogen-bond acceptors (Lipinski definition) is 3. The Bertz CT molecular complexity index is 318. The molecule has 1 N–H and O–H groups in total. The molecule has 0 saturated heterocycles. The predicted octanol–water partition coefficient (Wildman–Crippen LogP) is 0.881. The van der Waals surface area contributed by atoms with E-state index in [9.17, 15) is 5.11 Å². The van der Waals surface area contributed by atoms with Crippen molar-refractivity contribution >= 4 is 17.3 Å². The summed E-state index contributed by atoms with van der Waals surface area (Å²) in [5.74, 6) is 0. The molecule has 0 bridgehead atoms. The number of aliphatic hydroxyl groups is 1. The van der Waals surface area contributed by atoms with Gasteiger partial charge in [-0.15, -0.1) is 11.6 Å². The van der Waals surface area contributed by atoms with Crippen LogP contribution in [-0.4, -0.2) is 30.8 Å². The first-order valence-corrected chi connectivity index (χ1v) is 4.42. The summed E-state index contributed by atoms with van der Waals surface area (Å²) in [5.41, 5.74) is 0.477. The third-order valence-corrected chi connectivity index (χ3v) is 2.83. The molecule has 0 spiro atoms. The molecule has 1 aliphatic carbocycles. The molecule has 0 amide bonds. The van der Waals surface area contributed by atoms with Gasteiger partial charge in [-0.05, 0) is 12.8 Å². The van der Waals surface area contributed by atoms with Crippen molar-refractivity contribution in [1.29, 1.82) is 0 Å². The third kappa shape index (κ3) is 1.47. The van der Waals surface area contributed by atoms with E-state index in [4.69, 9.17) is 11.6 Å². The summed E-state index contributed by atoms with van der Waals surface area (Å²) in [6, 6.07) is 0. The molecular weight excluding hydrogens is 190 g/mol. The van der Waals surface area contributed by atoms with Crippen LogP contribution in [0.5, 0.6) is 0 Å². The molecule has 0 aromatic carbocycles. The molecule has 1 heterocycles. The minimum absolute atomic E-state index is 0.477. The standard InChI is InChI=1S/C8H10ClN3O/c1-6(12-5-10-4-11-12)7(13)8(9)2-3-8/h4-5,7,13H,1-3H2. The Morgan fingerprint density at radius 2 is 2.38 bits per heavy atom. The van der Waals surface area contributed by atoms with Crippen LogP contribution in [0, 0.1) is 0 Å². The molecule has 1 fully saturated rings. The van der Waals surface area contributed by atoms with E-state index in [2.05, 4.69) is 16.7 Å². The van der Waals surface area contributed by atoms with Crippen molar-refractivity contribution in [1.82, 2.24) is 14.8 Å². The summed E-state index contributed by atoms with van der Waals surface area (Å²) in [6.07, 6.45) is 3.79. The number of nitrogens with zero attached hydrogens (tertiary/aromatic N) is 3. The molecule has 13 heavy (non-hydrogen) atoms. The highest BCUT2D eigenvalue weighted by atomic mass is 35.5. The Hall–Kier alpha value is -0.870. The number of rotatable bonds is 3. The van der Waals surface area contributed by atoms with Gasteiger partial charge in [0.1, 0.15) is 18.8 Å². The average molecular weight is 200 g/mol. The average Bonchev–Trinajstić information content (AvgIpc) is 2.71. The maximum Gasteiger partial charge on any atom is 0.138 e. The lowest BCUT2D eigenvalue weighted by Gasteiger charge is -2.17. The maximum absolute atomic E-state index is 9.77. The quantitative estimate of drug-likeness (QED) is 0.736. The number of hydrogen-bond donors (Lipinski definition) is 1. The van der Waals surface area contributed by atoms with E-state index in [-0.39, 0.29) is 0 Å². The second-order valence-corrected chi connectivity index (χ2v) is 4.02. The minimum atomic E-state index is -0.740. The Morgan fingerprint density at radius 1 is 1.69 bits per heavy atom. The molecule has 1 saturated carbocycles. The normalized spacial score (nSPS) is 21.1. The van der Waals surface area contributed by atoms with Gasteiger partial charge in [-0.3, -0.25) is 0 Å². The van der Waals surface area contributed by atoms with Crippen molar-refractivity contribution in [2.75, 3.05) is 0 Å². The van der Waals surface area contributed by atoms with Crippen LogP contribution in [-0.2, 0) is 0 Å². The van der Waals surface area contributed by atoms with E-state index in [1.54, 1.807) is 0 Å². The van der Waals surface area contributed by atoms with Crippen LogP contribution in [0.15, 0.2) is 19.2 Å². The zero-order valence-electron chi connectivity index (χ0n) is 7.02. The van der Waals surface area contributed by atoms with Crippen LogP contribution in [0.2, 0.25) is 0 Å². The molecule has 0 aliphatic heterocycles. The zero-order valence-corrected chi connectivity index (χ0v) is 7.78. The van der Waals surface area contributed by atoms with Crippen molar-refractivity contribution in [2.45, 2.75) is 23.8 Å². The molecule has 1 aromatic rings. The number of aromatic nitrogens is 3. The van der Waals surface area contributed by atoms with Gasteiger partial charge in [0, 0.05) is 0 Å². The Labute approximate surface area is 80.9 Å². The highest BCUT2D eigenvalue weighted by Crippen LogP contribution is 2.47. The molecule has 2 rings (SSSR count). The molecule has 5 heteroatoms. The molecule has 1 atom stereocenters. The van der Waals surface area contributed by atoms with Gasteiger partial charge in [0.2, 0.25) is 0 Å². The summed E-state index contributed by atoms with van der Waals surface area (Å²) < 4.78 is 1.44. The van der Waals surface area contributed by atoms with Gasteiger partial charge in [-0.1, -0.05) is 6.58 Å². The van der Waals surface area contributed by atoms with Gasteiger partial charge in [0.05, 0.1) is 10.6 Å². The van der Waals surface area contributed by atoms with Crippen molar-refractivity contribution < 1.29 is 5.11 Å². The fraction of sp³-hybridized carbons (Fsp3) is 0.500. The lowest BCUT2D eigenvalue weighted by molar-refractivity contribution is 0.212. The summed E-state index contributed by atoms with van der Waals surface area (Å²) >= 11 is 6.03. The third-order valence-electron chi connectivity index (χ3n) is 2.25. The number of alkyl halides is 1. The van der Waals surface area contributed by atoms with Crippen LogP contribution in [0.25, 0.3) is 5.70 Å². The topological polar surface area (TPSA) is 50.9 Å². The van der Waals surface area contributed by atoms with E-state index in [1.165, 1.54) is 17.3 Å². The molecule has 0 radical (unpaired) electrons. The zero-order chi connectivity index (χ0) is 9.47. The molecule has 1 unspecified atom stereocenters. The number of halogens is 1. The van der Waals surface area contributed by atoms with E-state index in [1.807, 2.05) is 0 Å². The lowest BCUT2D eigenvalue weighted by atomic mass is 10.2. The fourth-order valence-corrected chi connectivity index (χ4v) is 1.39. The molecular formula is C8H10ClN3O. The van der Waals surface area contributed by atoms with Crippen LogP contribution in [0.1, 0.15) is 12.8 Å². The minimum Gasteiger partial charge on any atom is -0.385 e. The van der Waals surface area contributed by atoms with Crippen LogP contribution >= 0.6 is 11.6 Å². The number of aliphatic hydroxyl groups excluding tert-OH is 1. The van der Waals surface area contributed by atoms with Crippen molar-refractivity contribution in [2.24, 2.45) is 0 Å². The van der Waals surface area contributed by atoms with Gasteiger partial charge < -0.3 is 5.11 Å². The Kier molecular flexibility index (Phi) is 1.89. The van der Waals surface area contributed by atoms with E-state index >= 15 is 0 Å². The monoisotopic (exact) mass is 199 g/mol. The Morgan fingerprint density at radius 3 is 2.85 bits per heavy atom. The summed E-state index contributed by atoms with van der Waals surface area (Å²) in [6.45, 7) is 3.73. The molecule has 70 valence electrons. The first-order valence-electron chi connectivity index (χ1n) is 4.04. The van der Waals surface area contributed by atoms with Crippen LogP contribution < -0.4 is 0 Å². The molecule has 1 aromatic heterocycles. The second-order valence-electron chi connectivity index (χ2n) is 3.27. The molecule has 1 aliphatic rings. The molecule has 4 nitrogen and oxygen atoms in total. The summed E-state index contributed by atoms with van der Waals surface area (Å²) in [5, 5.41) is 13.6. The van der Waals surface area contributed by atoms with Crippen molar-refractivity contribution in [3.05, 3.63) is 19.2 Å². The smallest absolute Gasteiger partial charge is 0.138 e. The summed E-state index contributed by atoms with van der Waals surface area (Å²) in [4.78, 5) is 3.25. The highest BCUT2D eigenvalue weighted by molar-refractivity contribution is 6.27. The first kappa shape index (κ1) is 8.72. The maximum atomic E-state index is 9.77. The largest absolute Gasteiger partial charge is 0.385 e. The van der Waals surface area contributed by atoms with Gasteiger partial charge in [-0.25, -0.2) is 9.67 Å². The first-order chi connectivity index (χ1) is 6.13. The van der Waals surface area contributed by atoms with Gasteiger partial charge in [0.15, 0.2) is 0 Å². The highest BCUT2D eigenvalue weighted by Gasteiger charge is 2.48. The van der Waals surface area contributed by atoms with Crippen LogP contribution in [0.3, 0.4) is 0 Å². The predicted molar refractivity (Wildman–Crippen MR) is 49.2 cm³/mol. The second kappa shape index (κ2) is 2.82. The van der Waals surface area contributed by atoms with E-state index < -0.39 is 11.0 Å². The van der Waals surface area contributed by atoms with Gasteiger partial charge >= 0.3 is 0 Å². The SMILES string of the molecule is C=C(C(O)C1(Cl)CC1)n1cncn1. The van der Waals surface area contributed by atoms with Crippen molar-refractivity contribution in [3.63, 3.8) is 0 Å². The summed E-state index contributed by atoms with van der Waals surface area (Å²) in [7, 11) is 0. The van der Waals surface area contributed by atoms with Crippen LogP contribution in [0.4, 0.5) is 0 Å². The Balaban J connectivity index is 2.14. The van der Waals surface area contributed by atoms with Crippen molar-refractivity contribution in [3.8, 4) is 0 Å². The lowest BCUT2D eigenvalue weighted by Crippen LogP contribution is -2.26. The fourth-order valence-electron chi connectivity index (χ4n) is 1.17.